The van der Waals surface area contributed by atoms with Crippen LogP contribution in [0.2, 0.25) is 0 Å². The summed E-state index contributed by atoms with van der Waals surface area (Å²) in [5, 5.41) is 0. The van der Waals surface area contributed by atoms with Gasteiger partial charge in [-0.25, -0.2) is 4.99 Å². The molecule has 2 aliphatic heterocycles. The van der Waals surface area contributed by atoms with Gasteiger partial charge in [0.25, 0.3) is 5.56 Å². The molecule has 0 fully saturated rings. The minimum absolute atomic E-state index is 0.0461. The molecule has 3 atom stereocenters. The second-order valence-electron chi connectivity index (χ2n) is 9.44. The Bertz CT molecular complexity index is 1810. The lowest BCUT2D eigenvalue weighted by Crippen LogP contribution is -2.58. The molecule has 0 N–H and O–H groups in total. The Morgan fingerprint density at radius 3 is 2.75 bits per heavy atom. The van der Waals surface area contributed by atoms with Crippen molar-refractivity contribution in [2.24, 2.45) is 10.9 Å². The monoisotopic (exact) mass is 570 g/mol. The number of fused-ring (bicyclic) bond motifs is 6. The smallest absolute Gasteiger partial charge is 0.416 e. The van der Waals surface area contributed by atoms with Crippen molar-refractivity contribution < 1.29 is 36.6 Å². The standard InChI is InChI=1S/C28H21F3N2O6S/c1-27-22(25(35)36-2)23(19-8-3-4-9-20(19)39-27)33-24(34)21(40-26(33)32-27)13-17-10-11-18(38-17)14-37-16-7-5-6-15(12-16)28(29,30)31/h3-13,22-23H,14H2,1-2H3/b21-13+/t22-,23-,27-/m1/s1. The highest BCUT2D eigenvalue weighted by Gasteiger charge is 2.55. The number of hydrogen-bond donors (Lipinski definition) is 0. The van der Waals surface area contributed by atoms with Gasteiger partial charge < -0.3 is 18.6 Å². The number of carbonyl (C=O) groups is 1. The molecule has 40 heavy (non-hydrogen) atoms. The molecule has 0 aliphatic carbocycles. The highest BCUT2D eigenvalue weighted by molar-refractivity contribution is 7.07. The predicted molar refractivity (Wildman–Crippen MR) is 137 cm³/mol. The second kappa shape index (κ2) is 9.40. The van der Waals surface area contributed by atoms with E-state index < -0.39 is 35.4 Å². The van der Waals surface area contributed by atoms with Gasteiger partial charge in [0, 0.05) is 11.6 Å². The van der Waals surface area contributed by atoms with Crippen LogP contribution in [-0.2, 0) is 22.3 Å². The van der Waals surface area contributed by atoms with Crippen molar-refractivity contribution in [3.8, 4) is 11.5 Å². The van der Waals surface area contributed by atoms with E-state index in [4.69, 9.17) is 18.6 Å². The molecule has 0 saturated carbocycles. The van der Waals surface area contributed by atoms with Crippen LogP contribution in [0.25, 0.3) is 6.08 Å². The van der Waals surface area contributed by atoms with Gasteiger partial charge in [-0.2, -0.15) is 13.2 Å². The summed E-state index contributed by atoms with van der Waals surface area (Å²) >= 11 is 1.13. The van der Waals surface area contributed by atoms with E-state index in [1.54, 1.807) is 49.4 Å². The number of para-hydroxylation sites is 1. The van der Waals surface area contributed by atoms with E-state index in [0.717, 1.165) is 23.5 Å². The van der Waals surface area contributed by atoms with Crippen LogP contribution in [0, 0.1) is 5.92 Å². The number of nitrogens with zero attached hydrogens (tertiary/aromatic N) is 2. The molecule has 2 aromatic carbocycles. The summed E-state index contributed by atoms with van der Waals surface area (Å²) in [5.74, 6) is -0.158. The molecule has 0 saturated heterocycles. The fraction of sp³-hybridized carbons (Fsp3) is 0.250. The molecule has 12 heteroatoms. The van der Waals surface area contributed by atoms with E-state index in [2.05, 4.69) is 4.99 Å². The Balaban J connectivity index is 1.33. The third-order valence-corrected chi connectivity index (χ3v) is 7.82. The van der Waals surface area contributed by atoms with Gasteiger partial charge in [-0.3, -0.25) is 14.2 Å². The molecule has 2 aliphatic rings. The number of alkyl halides is 3. The molecule has 2 bridgehead atoms. The van der Waals surface area contributed by atoms with Crippen molar-refractivity contribution in [3.63, 3.8) is 0 Å². The molecule has 4 aromatic rings. The average molecular weight is 571 g/mol. The van der Waals surface area contributed by atoms with Crippen molar-refractivity contribution in [1.29, 1.82) is 0 Å². The van der Waals surface area contributed by atoms with Crippen LogP contribution < -0.4 is 24.4 Å². The minimum atomic E-state index is -4.48. The third kappa shape index (κ3) is 4.37. The third-order valence-electron chi connectivity index (χ3n) is 6.83. The lowest BCUT2D eigenvalue weighted by Gasteiger charge is -2.44. The van der Waals surface area contributed by atoms with Gasteiger partial charge in [0.1, 0.15) is 35.5 Å². The Hall–Kier alpha value is -4.32. The van der Waals surface area contributed by atoms with E-state index in [-0.39, 0.29) is 17.9 Å². The fourth-order valence-corrected chi connectivity index (χ4v) is 6.11. The molecule has 206 valence electrons. The lowest BCUT2D eigenvalue weighted by atomic mass is 9.81. The van der Waals surface area contributed by atoms with Crippen LogP contribution in [0.15, 0.2) is 74.9 Å². The number of carbonyl (C=O) groups excluding carboxylic acids is 1. The molecular weight excluding hydrogens is 549 g/mol. The van der Waals surface area contributed by atoms with E-state index >= 15 is 0 Å². The number of rotatable bonds is 5. The summed E-state index contributed by atoms with van der Waals surface area (Å²) in [4.78, 5) is 31.6. The van der Waals surface area contributed by atoms with Gasteiger partial charge in [-0.1, -0.05) is 35.6 Å². The zero-order valence-corrected chi connectivity index (χ0v) is 21.9. The number of aromatic nitrogens is 1. The normalized spacial score (nSPS) is 21.6. The Morgan fingerprint density at radius 1 is 1.18 bits per heavy atom. The molecular formula is C28H21F3N2O6S. The molecule has 0 spiro atoms. The first-order valence-corrected chi connectivity index (χ1v) is 13.0. The van der Waals surface area contributed by atoms with Gasteiger partial charge >= 0.3 is 12.1 Å². The number of thiazole rings is 1. The molecule has 0 radical (unpaired) electrons. The molecule has 0 amide bonds. The largest absolute Gasteiger partial charge is 0.486 e. The maximum absolute atomic E-state index is 13.7. The predicted octanol–water partition coefficient (Wildman–Crippen LogP) is 4.05. The van der Waals surface area contributed by atoms with Crippen LogP contribution >= 0.6 is 11.3 Å². The number of ether oxygens (including phenoxy) is 3. The second-order valence-corrected chi connectivity index (χ2v) is 10.4. The van der Waals surface area contributed by atoms with Crippen molar-refractivity contribution >= 4 is 23.4 Å². The summed E-state index contributed by atoms with van der Waals surface area (Å²) in [6.45, 7) is 1.58. The topological polar surface area (TPSA) is 92.3 Å². The van der Waals surface area contributed by atoms with Crippen molar-refractivity contribution in [1.82, 2.24) is 4.57 Å². The van der Waals surface area contributed by atoms with E-state index in [1.807, 2.05) is 0 Å². The quantitative estimate of drug-likeness (QED) is 0.337. The van der Waals surface area contributed by atoms with Crippen LogP contribution in [0.5, 0.6) is 11.5 Å². The minimum Gasteiger partial charge on any atom is -0.486 e. The first-order chi connectivity index (χ1) is 19.1. The van der Waals surface area contributed by atoms with E-state index in [1.165, 1.54) is 23.8 Å². The number of furan rings is 1. The molecule has 8 nitrogen and oxygen atoms in total. The summed E-state index contributed by atoms with van der Waals surface area (Å²) < 4.78 is 63.2. The maximum atomic E-state index is 13.7. The molecule has 6 rings (SSSR count). The van der Waals surface area contributed by atoms with E-state index in [9.17, 15) is 22.8 Å². The zero-order valence-electron chi connectivity index (χ0n) is 21.1. The summed E-state index contributed by atoms with van der Waals surface area (Å²) in [6.07, 6.45) is -2.93. The van der Waals surface area contributed by atoms with Gasteiger partial charge in [0.05, 0.1) is 23.2 Å². The molecule has 0 unspecified atom stereocenters. The van der Waals surface area contributed by atoms with Gasteiger partial charge in [0.15, 0.2) is 4.80 Å². The maximum Gasteiger partial charge on any atom is 0.416 e. The fourth-order valence-electron chi connectivity index (χ4n) is 5.03. The van der Waals surface area contributed by atoms with Crippen LogP contribution in [-0.4, -0.2) is 23.4 Å². The Morgan fingerprint density at radius 2 is 1.98 bits per heavy atom. The van der Waals surface area contributed by atoms with Crippen LogP contribution in [0.4, 0.5) is 13.2 Å². The first kappa shape index (κ1) is 25.9. The first-order valence-electron chi connectivity index (χ1n) is 12.1. The number of halogens is 3. The SMILES string of the molecule is COC(=O)[C@H]1[C@H]2c3ccccc3O[C@@]1(C)N=c1s/c(=C/c3ccc(COc4cccc(C(F)(F)F)c4)o3)c(=O)n12. The zero-order chi connectivity index (χ0) is 28.2. The highest BCUT2D eigenvalue weighted by atomic mass is 32.1. The summed E-state index contributed by atoms with van der Waals surface area (Å²) in [6, 6.07) is 14.3. The summed E-state index contributed by atoms with van der Waals surface area (Å²) in [7, 11) is 1.28. The number of benzene rings is 2. The Labute approximate surface area is 228 Å². The van der Waals surface area contributed by atoms with Gasteiger partial charge in [-0.15, -0.1) is 0 Å². The van der Waals surface area contributed by atoms with E-state index in [0.29, 0.717) is 32.2 Å². The van der Waals surface area contributed by atoms with Gasteiger partial charge in [-0.05, 0) is 43.3 Å². The molecule has 2 aromatic heterocycles. The number of methoxy groups -OCH3 is 1. The van der Waals surface area contributed by atoms with Gasteiger partial charge in [0.2, 0.25) is 5.72 Å². The highest BCUT2D eigenvalue weighted by Crippen LogP contribution is 2.47. The van der Waals surface area contributed by atoms with Crippen molar-refractivity contribution in [2.75, 3.05) is 7.11 Å². The molecule has 4 heterocycles. The van der Waals surface area contributed by atoms with Crippen LogP contribution in [0.3, 0.4) is 0 Å². The van der Waals surface area contributed by atoms with Crippen molar-refractivity contribution in [2.45, 2.75) is 31.5 Å². The number of esters is 1. The average Bonchev–Trinajstić information content (AvgIpc) is 3.49. The lowest BCUT2D eigenvalue weighted by molar-refractivity contribution is -0.158. The van der Waals surface area contributed by atoms with Crippen molar-refractivity contribution in [3.05, 3.63) is 103 Å². The summed E-state index contributed by atoms with van der Waals surface area (Å²) in [5.41, 5.74) is -1.78. The Kier molecular flexibility index (Phi) is 6.10. The number of hydrogen-bond acceptors (Lipinski definition) is 8. The van der Waals surface area contributed by atoms with Crippen LogP contribution in [0.1, 0.15) is 35.6 Å².